The van der Waals surface area contributed by atoms with Gasteiger partial charge in [0.05, 0.1) is 12.5 Å². The second kappa shape index (κ2) is 7.81. The van der Waals surface area contributed by atoms with E-state index in [0.717, 1.165) is 5.39 Å². The predicted molar refractivity (Wildman–Crippen MR) is 115 cm³/mol. The number of carbonyl (C=O) groups is 2. The minimum Gasteiger partial charge on any atom is -0.458 e. The van der Waals surface area contributed by atoms with Crippen molar-refractivity contribution >= 4 is 39.8 Å². The molecule has 1 amide bonds. The SMILES string of the molecule is CNC(=O)Cc1nc(N2C[C@@H](O)C[C@H]2C(=O)OC(C)(C)C)c2oc3ccccc3c2n1. The van der Waals surface area contributed by atoms with E-state index in [1.54, 1.807) is 32.7 Å². The van der Waals surface area contributed by atoms with Crippen molar-refractivity contribution in [3.05, 3.63) is 30.1 Å². The van der Waals surface area contributed by atoms with Gasteiger partial charge in [-0.3, -0.25) is 4.79 Å². The summed E-state index contributed by atoms with van der Waals surface area (Å²) < 4.78 is 11.6. The van der Waals surface area contributed by atoms with Gasteiger partial charge in [0.2, 0.25) is 5.91 Å². The lowest BCUT2D eigenvalue weighted by Crippen LogP contribution is -2.41. The van der Waals surface area contributed by atoms with Crippen LogP contribution in [0.2, 0.25) is 0 Å². The molecule has 2 atom stereocenters. The summed E-state index contributed by atoms with van der Waals surface area (Å²) in [6.07, 6.45) is -0.535. The topological polar surface area (TPSA) is 118 Å². The van der Waals surface area contributed by atoms with Crippen LogP contribution in [0.4, 0.5) is 5.82 Å². The first kappa shape index (κ1) is 21.0. The van der Waals surface area contributed by atoms with Crippen molar-refractivity contribution in [1.82, 2.24) is 15.3 Å². The number of para-hydroxylation sites is 1. The summed E-state index contributed by atoms with van der Waals surface area (Å²) in [5.41, 5.74) is 0.924. The number of β-amino-alcohol motifs (C(OH)–C–C–N with tert-alkyl or cyclic N) is 1. The zero-order valence-electron chi connectivity index (χ0n) is 18.0. The molecule has 1 fully saturated rings. The number of fused-ring (bicyclic) bond motifs is 3. The molecule has 0 unspecified atom stereocenters. The number of aromatic nitrogens is 2. The summed E-state index contributed by atoms with van der Waals surface area (Å²) in [5, 5.41) is 13.7. The molecule has 164 valence electrons. The molecule has 1 aliphatic rings. The first-order valence-electron chi connectivity index (χ1n) is 10.2. The first-order chi connectivity index (χ1) is 14.7. The molecule has 3 heterocycles. The van der Waals surface area contributed by atoms with Crippen LogP contribution >= 0.6 is 0 Å². The van der Waals surface area contributed by atoms with Gasteiger partial charge in [-0.2, -0.15) is 0 Å². The van der Waals surface area contributed by atoms with Crippen molar-refractivity contribution in [3.8, 4) is 0 Å². The van der Waals surface area contributed by atoms with Gasteiger partial charge in [-0.05, 0) is 32.9 Å². The summed E-state index contributed by atoms with van der Waals surface area (Å²) in [6.45, 7) is 5.57. The summed E-state index contributed by atoms with van der Waals surface area (Å²) in [6, 6.07) is 6.70. The van der Waals surface area contributed by atoms with E-state index < -0.39 is 23.7 Å². The summed E-state index contributed by atoms with van der Waals surface area (Å²) in [7, 11) is 1.55. The Morgan fingerprint density at radius 1 is 1.29 bits per heavy atom. The average Bonchev–Trinajstić information content (AvgIpc) is 3.27. The maximum Gasteiger partial charge on any atom is 0.329 e. The largest absolute Gasteiger partial charge is 0.458 e. The molecule has 1 saturated heterocycles. The Balaban J connectivity index is 1.86. The average molecular weight is 426 g/mol. The van der Waals surface area contributed by atoms with Crippen molar-refractivity contribution in [3.63, 3.8) is 0 Å². The molecular weight excluding hydrogens is 400 g/mol. The second-order valence-corrected chi connectivity index (χ2v) is 8.68. The Morgan fingerprint density at radius 2 is 2.03 bits per heavy atom. The molecule has 9 heteroatoms. The lowest BCUT2D eigenvalue weighted by molar-refractivity contribution is -0.156. The number of rotatable bonds is 4. The highest BCUT2D eigenvalue weighted by Crippen LogP contribution is 2.36. The molecule has 0 bridgehead atoms. The van der Waals surface area contributed by atoms with Crippen molar-refractivity contribution in [1.29, 1.82) is 0 Å². The molecule has 1 aromatic carbocycles. The van der Waals surface area contributed by atoms with Gasteiger partial charge in [0, 0.05) is 25.4 Å². The van der Waals surface area contributed by atoms with Gasteiger partial charge in [0.25, 0.3) is 0 Å². The highest BCUT2D eigenvalue weighted by atomic mass is 16.6. The van der Waals surface area contributed by atoms with Crippen LogP contribution in [0.15, 0.2) is 28.7 Å². The zero-order chi connectivity index (χ0) is 22.3. The summed E-state index contributed by atoms with van der Waals surface area (Å²) in [5.74, 6) is -0.00623. The molecule has 31 heavy (non-hydrogen) atoms. The molecule has 0 radical (unpaired) electrons. The van der Waals surface area contributed by atoms with E-state index in [0.29, 0.717) is 28.3 Å². The van der Waals surface area contributed by atoms with Crippen molar-refractivity contribution in [2.45, 2.75) is 51.4 Å². The molecule has 0 spiro atoms. The van der Waals surface area contributed by atoms with E-state index in [-0.39, 0.29) is 25.3 Å². The van der Waals surface area contributed by atoms with Crippen LogP contribution in [0.3, 0.4) is 0 Å². The lowest BCUT2D eigenvalue weighted by atomic mass is 10.1. The number of likely N-dealkylation sites (N-methyl/N-ethyl adjacent to an activating group) is 1. The van der Waals surface area contributed by atoms with E-state index in [4.69, 9.17) is 9.15 Å². The fraction of sp³-hybridized carbons (Fsp3) is 0.455. The monoisotopic (exact) mass is 426 g/mol. The predicted octanol–water partition coefficient (Wildman–Crippen LogP) is 1.95. The number of aliphatic hydroxyl groups is 1. The van der Waals surface area contributed by atoms with Crippen LogP contribution in [0.1, 0.15) is 33.0 Å². The maximum atomic E-state index is 12.9. The van der Waals surface area contributed by atoms with Crippen LogP contribution in [-0.2, 0) is 20.7 Å². The van der Waals surface area contributed by atoms with E-state index >= 15 is 0 Å². The summed E-state index contributed by atoms with van der Waals surface area (Å²) >= 11 is 0. The molecule has 2 N–H and O–H groups in total. The summed E-state index contributed by atoms with van der Waals surface area (Å²) in [4.78, 5) is 35.7. The quantitative estimate of drug-likeness (QED) is 0.608. The molecular formula is C22H26N4O5. The first-order valence-corrected chi connectivity index (χ1v) is 10.2. The Kier molecular flexibility index (Phi) is 5.30. The van der Waals surface area contributed by atoms with Gasteiger partial charge in [-0.25, -0.2) is 14.8 Å². The van der Waals surface area contributed by atoms with Gasteiger partial charge in [-0.1, -0.05) is 12.1 Å². The van der Waals surface area contributed by atoms with E-state index in [9.17, 15) is 14.7 Å². The number of nitrogens with one attached hydrogen (secondary N) is 1. The van der Waals surface area contributed by atoms with Crippen molar-refractivity contribution in [2.24, 2.45) is 0 Å². The minimum atomic E-state index is -0.728. The Bertz CT molecular complexity index is 1150. The number of esters is 1. The molecule has 2 aromatic heterocycles. The van der Waals surface area contributed by atoms with Crippen molar-refractivity contribution in [2.75, 3.05) is 18.5 Å². The third-order valence-corrected chi connectivity index (χ3v) is 5.08. The van der Waals surface area contributed by atoms with Gasteiger partial charge >= 0.3 is 5.97 Å². The number of benzene rings is 1. The van der Waals surface area contributed by atoms with Gasteiger partial charge < -0.3 is 24.5 Å². The van der Waals surface area contributed by atoms with Crippen LogP contribution in [0.5, 0.6) is 0 Å². The van der Waals surface area contributed by atoms with Crippen molar-refractivity contribution < 1.29 is 23.8 Å². The molecule has 0 aliphatic carbocycles. The van der Waals surface area contributed by atoms with E-state index in [2.05, 4.69) is 15.3 Å². The molecule has 9 nitrogen and oxygen atoms in total. The molecule has 0 saturated carbocycles. The Labute approximate surface area is 179 Å². The number of anilines is 1. The number of aliphatic hydroxyl groups excluding tert-OH is 1. The minimum absolute atomic E-state index is 0.0214. The number of hydrogen-bond acceptors (Lipinski definition) is 8. The third kappa shape index (κ3) is 4.18. The van der Waals surface area contributed by atoms with Gasteiger partial charge in [0.1, 0.15) is 28.6 Å². The van der Waals surface area contributed by atoms with E-state index in [1.165, 1.54) is 0 Å². The number of amides is 1. The van der Waals surface area contributed by atoms with Gasteiger partial charge in [0.15, 0.2) is 11.4 Å². The fourth-order valence-electron chi connectivity index (χ4n) is 3.77. The number of nitrogens with zero attached hydrogens (tertiary/aromatic N) is 3. The van der Waals surface area contributed by atoms with Crippen LogP contribution in [-0.4, -0.2) is 58.3 Å². The number of furan rings is 1. The highest BCUT2D eigenvalue weighted by Gasteiger charge is 2.41. The highest BCUT2D eigenvalue weighted by molar-refractivity contribution is 6.06. The normalized spacial score (nSPS) is 19.2. The Hall–Kier alpha value is -3.20. The van der Waals surface area contributed by atoms with Crippen LogP contribution in [0, 0.1) is 0 Å². The molecule has 4 rings (SSSR count). The van der Waals surface area contributed by atoms with Crippen LogP contribution < -0.4 is 10.2 Å². The van der Waals surface area contributed by atoms with Gasteiger partial charge in [-0.15, -0.1) is 0 Å². The number of carbonyl (C=O) groups excluding carboxylic acids is 2. The fourth-order valence-corrected chi connectivity index (χ4v) is 3.77. The van der Waals surface area contributed by atoms with Crippen LogP contribution in [0.25, 0.3) is 22.1 Å². The third-order valence-electron chi connectivity index (χ3n) is 5.08. The lowest BCUT2D eigenvalue weighted by Gasteiger charge is -2.27. The number of ether oxygens (including phenoxy) is 1. The molecule has 1 aliphatic heterocycles. The molecule has 3 aromatic rings. The Morgan fingerprint density at radius 3 is 2.74 bits per heavy atom. The number of hydrogen-bond donors (Lipinski definition) is 2. The van der Waals surface area contributed by atoms with E-state index in [1.807, 2.05) is 24.3 Å². The smallest absolute Gasteiger partial charge is 0.329 e. The maximum absolute atomic E-state index is 12.9. The standard InChI is InChI=1S/C22H26N4O5/c1-22(2,3)31-21(29)14-9-12(27)11-26(14)20-19-18(13-7-5-6-8-15(13)30-19)24-16(25-20)10-17(28)23-4/h5-8,12,14,27H,9-11H2,1-4H3,(H,23,28)/t12-,14-/m0/s1. The second-order valence-electron chi connectivity index (χ2n) is 8.68. The zero-order valence-corrected chi connectivity index (χ0v) is 18.0.